The van der Waals surface area contributed by atoms with Crippen molar-refractivity contribution in [3.8, 4) is 5.82 Å². The van der Waals surface area contributed by atoms with Crippen LogP contribution in [0.5, 0.6) is 0 Å². The van der Waals surface area contributed by atoms with E-state index in [1.54, 1.807) is 23.0 Å². The molecule has 0 N–H and O–H groups in total. The smallest absolute Gasteiger partial charge is 0.303 e. The second-order valence-corrected chi connectivity index (χ2v) is 8.99. The maximum atomic E-state index is 14.1. The lowest BCUT2D eigenvalue weighted by atomic mass is 10.0. The Morgan fingerprint density at radius 2 is 2.00 bits per heavy atom. The zero-order chi connectivity index (χ0) is 22.6. The highest BCUT2D eigenvalue weighted by Gasteiger charge is 2.37. The summed E-state index contributed by atoms with van der Waals surface area (Å²) in [6.07, 6.45) is 3.16. The fraction of sp³-hybridized carbons (Fsp3) is 0.524. The lowest BCUT2D eigenvalue weighted by molar-refractivity contribution is 0.00742. The Morgan fingerprint density at radius 3 is 2.61 bits per heavy atom. The van der Waals surface area contributed by atoms with Gasteiger partial charge in [-0.15, -0.1) is 5.10 Å². The maximum Gasteiger partial charge on any atom is 0.303 e. The molecular weight excluding hydrogens is 424 g/mol. The number of anilines is 1. The Kier molecular flexibility index (Phi) is 5.37. The van der Waals surface area contributed by atoms with Gasteiger partial charge in [0.1, 0.15) is 5.15 Å². The molecule has 1 fully saturated rings. The third-order valence-corrected chi connectivity index (χ3v) is 6.29. The number of pyridine rings is 1. The normalized spacial score (nSPS) is 19.7. The highest BCUT2D eigenvalue weighted by atomic mass is 35.5. The van der Waals surface area contributed by atoms with Crippen LogP contribution in [-0.4, -0.2) is 62.4 Å². The Balaban J connectivity index is 1.88. The van der Waals surface area contributed by atoms with Crippen LogP contribution >= 0.6 is 11.6 Å². The van der Waals surface area contributed by atoms with E-state index in [1.165, 1.54) is 0 Å². The lowest BCUT2D eigenvalue weighted by Gasteiger charge is -2.32. The Hall–Kier alpha value is -2.39. The van der Waals surface area contributed by atoms with Gasteiger partial charge in [-0.25, -0.2) is 19.6 Å². The van der Waals surface area contributed by atoms with Crippen molar-refractivity contribution in [3.05, 3.63) is 35.0 Å². The molecule has 1 saturated heterocycles. The molecule has 1 atom stereocenters. The van der Waals surface area contributed by atoms with Crippen molar-refractivity contribution in [1.29, 1.82) is 0 Å². The van der Waals surface area contributed by atoms with Crippen molar-refractivity contribution in [1.82, 2.24) is 29.6 Å². The van der Waals surface area contributed by atoms with E-state index in [2.05, 4.69) is 45.8 Å². The summed E-state index contributed by atoms with van der Waals surface area (Å²) in [6, 6.07) is 3.37. The minimum atomic E-state index is -3.16. The summed E-state index contributed by atoms with van der Waals surface area (Å²) in [5.74, 6) is -2.65. The molecule has 166 valence electrons. The van der Waals surface area contributed by atoms with Gasteiger partial charge in [0, 0.05) is 49.6 Å². The quantitative estimate of drug-likeness (QED) is 0.547. The van der Waals surface area contributed by atoms with Gasteiger partial charge in [0.15, 0.2) is 11.6 Å². The van der Waals surface area contributed by atoms with E-state index in [-0.39, 0.29) is 11.4 Å². The average Bonchev–Trinajstić information content (AvgIpc) is 3.28. The Bertz CT molecular complexity index is 1120. The molecule has 31 heavy (non-hydrogen) atoms. The minimum absolute atomic E-state index is 0.0116. The van der Waals surface area contributed by atoms with Crippen molar-refractivity contribution in [2.24, 2.45) is 0 Å². The molecule has 1 unspecified atom stereocenters. The molecule has 4 heterocycles. The van der Waals surface area contributed by atoms with Crippen LogP contribution in [0, 0.1) is 0 Å². The number of hydrogen-bond acceptors (Lipinski definition) is 6. The number of alkyl halides is 2. The van der Waals surface area contributed by atoms with Crippen LogP contribution in [-0.2, 0) is 12.3 Å². The first-order valence-electron chi connectivity index (χ1n) is 10.2. The number of aromatic nitrogens is 5. The van der Waals surface area contributed by atoms with Gasteiger partial charge in [-0.1, -0.05) is 18.5 Å². The summed E-state index contributed by atoms with van der Waals surface area (Å²) < 4.78 is 29.7. The topological polar surface area (TPSA) is 63.0 Å². The first kappa shape index (κ1) is 21.8. The van der Waals surface area contributed by atoms with Crippen LogP contribution in [0.4, 0.5) is 14.6 Å². The molecule has 0 aliphatic carbocycles. The van der Waals surface area contributed by atoms with Crippen molar-refractivity contribution >= 4 is 28.3 Å². The van der Waals surface area contributed by atoms with Gasteiger partial charge in [0.25, 0.3) is 0 Å². The van der Waals surface area contributed by atoms with E-state index in [0.717, 1.165) is 37.6 Å². The third-order valence-electron chi connectivity index (χ3n) is 6.08. The van der Waals surface area contributed by atoms with Crippen molar-refractivity contribution in [2.75, 3.05) is 32.1 Å². The maximum absolute atomic E-state index is 14.1. The number of aryl methyl sites for hydroxylation is 1. The van der Waals surface area contributed by atoms with Gasteiger partial charge in [-0.3, -0.25) is 0 Å². The highest BCUT2D eigenvalue weighted by molar-refractivity contribution is 6.30. The molecule has 3 aromatic rings. The van der Waals surface area contributed by atoms with Crippen molar-refractivity contribution in [3.63, 3.8) is 0 Å². The van der Waals surface area contributed by atoms with Gasteiger partial charge in [-0.05, 0) is 33.9 Å². The molecule has 1 aliphatic heterocycles. The molecule has 0 radical (unpaired) electrons. The summed E-state index contributed by atoms with van der Waals surface area (Å²) in [5.41, 5.74) is 1.20. The molecule has 0 bridgehead atoms. The van der Waals surface area contributed by atoms with Crippen molar-refractivity contribution < 1.29 is 8.78 Å². The van der Waals surface area contributed by atoms with E-state index in [0.29, 0.717) is 22.8 Å². The molecule has 0 saturated carbocycles. The minimum Gasteiger partial charge on any atom is -0.353 e. The van der Waals surface area contributed by atoms with Crippen LogP contribution in [0.2, 0.25) is 5.15 Å². The standard InChI is InChI=1S/C21H26ClF2N7/c1-6-13-9-17(27-19(26-13)21(3,23)24)31-15-10-16(22)25-11-14(15)18(28-31)30-8-7-20(2,12-30)29(4)5/h9-11H,6-8,12H2,1-5H3. The fourth-order valence-corrected chi connectivity index (χ4v) is 3.99. The predicted octanol–water partition coefficient (Wildman–Crippen LogP) is 4.07. The summed E-state index contributed by atoms with van der Waals surface area (Å²) in [4.78, 5) is 16.8. The largest absolute Gasteiger partial charge is 0.353 e. The zero-order valence-electron chi connectivity index (χ0n) is 18.3. The Morgan fingerprint density at radius 1 is 1.26 bits per heavy atom. The predicted molar refractivity (Wildman–Crippen MR) is 117 cm³/mol. The second-order valence-electron chi connectivity index (χ2n) is 8.61. The first-order valence-corrected chi connectivity index (χ1v) is 10.6. The van der Waals surface area contributed by atoms with Gasteiger partial charge in [0.2, 0.25) is 5.82 Å². The summed E-state index contributed by atoms with van der Waals surface area (Å²) >= 11 is 6.17. The third kappa shape index (κ3) is 3.96. The molecule has 0 spiro atoms. The zero-order valence-corrected chi connectivity index (χ0v) is 19.1. The van der Waals surface area contributed by atoms with Gasteiger partial charge in [-0.2, -0.15) is 8.78 Å². The van der Waals surface area contributed by atoms with Gasteiger partial charge < -0.3 is 9.80 Å². The van der Waals surface area contributed by atoms with Gasteiger partial charge >= 0.3 is 5.92 Å². The van der Waals surface area contributed by atoms with E-state index in [1.807, 2.05) is 6.92 Å². The molecule has 4 rings (SSSR count). The number of fused-ring (bicyclic) bond motifs is 1. The molecule has 0 amide bonds. The van der Waals surface area contributed by atoms with Crippen LogP contribution in [0.1, 0.15) is 38.7 Å². The summed E-state index contributed by atoms with van der Waals surface area (Å²) in [6.45, 7) is 6.49. The monoisotopic (exact) mass is 449 g/mol. The molecule has 10 heteroatoms. The lowest BCUT2D eigenvalue weighted by Crippen LogP contribution is -2.43. The van der Waals surface area contributed by atoms with Crippen LogP contribution in [0.3, 0.4) is 0 Å². The van der Waals surface area contributed by atoms with Crippen molar-refractivity contribution in [2.45, 2.75) is 45.1 Å². The number of rotatable bonds is 5. The summed E-state index contributed by atoms with van der Waals surface area (Å²) in [7, 11) is 4.14. The molecule has 1 aliphatic rings. The molecule has 7 nitrogen and oxygen atoms in total. The highest BCUT2D eigenvalue weighted by Crippen LogP contribution is 2.35. The van der Waals surface area contributed by atoms with Crippen LogP contribution in [0.25, 0.3) is 16.7 Å². The van der Waals surface area contributed by atoms with Gasteiger partial charge in [0.05, 0.1) is 10.9 Å². The SMILES string of the molecule is CCc1cc(-n2nc(N3CCC(C)(N(C)C)C3)c3cnc(Cl)cc32)nc(C(C)(F)F)n1. The van der Waals surface area contributed by atoms with E-state index < -0.39 is 11.7 Å². The van der Waals surface area contributed by atoms with E-state index in [4.69, 9.17) is 16.7 Å². The summed E-state index contributed by atoms with van der Waals surface area (Å²) in [5, 5.41) is 5.89. The molecular formula is C21H26ClF2N7. The van der Waals surface area contributed by atoms with Crippen LogP contribution in [0.15, 0.2) is 18.3 Å². The molecule has 3 aromatic heterocycles. The second kappa shape index (κ2) is 7.63. The number of likely N-dealkylation sites (N-methyl/N-ethyl adjacent to an activating group) is 1. The number of nitrogens with zero attached hydrogens (tertiary/aromatic N) is 7. The average molecular weight is 450 g/mol. The van der Waals surface area contributed by atoms with E-state index >= 15 is 0 Å². The first-order chi connectivity index (χ1) is 14.5. The fourth-order valence-electron chi connectivity index (χ4n) is 3.84. The Labute approximate surface area is 185 Å². The van der Waals surface area contributed by atoms with Crippen LogP contribution < -0.4 is 4.90 Å². The molecule has 0 aromatic carbocycles. The van der Waals surface area contributed by atoms with E-state index in [9.17, 15) is 8.78 Å². The number of halogens is 3. The number of hydrogen-bond donors (Lipinski definition) is 0.